The summed E-state index contributed by atoms with van der Waals surface area (Å²) in [5.41, 5.74) is 1.54. The SMILES string of the molecule is CNC[C@H]1CCN(C(=O)c2oc(-c3ccccc3)nc2C)C1. The third-order valence-corrected chi connectivity index (χ3v) is 4.08. The Labute approximate surface area is 130 Å². The van der Waals surface area contributed by atoms with E-state index >= 15 is 0 Å². The highest BCUT2D eigenvalue weighted by atomic mass is 16.4. The number of likely N-dealkylation sites (tertiary alicyclic amines) is 1. The summed E-state index contributed by atoms with van der Waals surface area (Å²) in [7, 11) is 1.94. The van der Waals surface area contributed by atoms with E-state index in [0.29, 0.717) is 23.3 Å². The molecule has 0 aliphatic carbocycles. The lowest BCUT2D eigenvalue weighted by atomic mass is 10.1. The van der Waals surface area contributed by atoms with Gasteiger partial charge in [-0.25, -0.2) is 4.98 Å². The zero-order valence-electron chi connectivity index (χ0n) is 13.0. The predicted octanol–water partition coefficient (Wildman–Crippen LogP) is 2.33. The van der Waals surface area contributed by atoms with Gasteiger partial charge >= 0.3 is 0 Å². The van der Waals surface area contributed by atoms with Gasteiger partial charge in [-0.2, -0.15) is 0 Å². The lowest BCUT2D eigenvalue weighted by molar-refractivity contribution is 0.0755. The Kier molecular flexibility index (Phi) is 4.24. The van der Waals surface area contributed by atoms with E-state index in [1.165, 1.54) is 0 Å². The van der Waals surface area contributed by atoms with E-state index in [4.69, 9.17) is 4.42 Å². The van der Waals surface area contributed by atoms with E-state index in [1.54, 1.807) is 0 Å². The average molecular weight is 299 g/mol. The van der Waals surface area contributed by atoms with E-state index in [2.05, 4.69) is 10.3 Å². The molecule has 5 nitrogen and oxygen atoms in total. The predicted molar refractivity (Wildman–Crippen MR) is 84.6 cm³/mol. The van der Waals surface area contributed by atoms with Crippen LogP contribution in [0.5, 0.6) is 0 Å². The normalized spacial score (nSPS) is 17.9. The maximum Gasteiger partial charge on any atom is 0.291 e. The number of carbonyl (C=O) groups is 1. The van der Waals surface area contributed by atoms with Crippen LogP contribution in [0.15, 0.2) is 34.7 Å². The summed E-state index contributed by atoms with van der Waals surface area (Å²) < 4.78 is 5.75. The second-order valence-electron chi connectivity index (χ2n) is 5.76. The molecule has 1 aromatic heterocycles. The topological polar surface area (TPSA) is 58.4 Å². The van der Waals surface area contributed by atoms with E-state index in [9.17, 15) is 4.79 Å². The average Bonchev–Trinajstić information content (AvgIpc) is 3.15. The van der Waals surface area contributed by atoms with Gasteiger partial charge in [-0.1, -0.05) is 18.2 Å². The molecular formula is C17H21N3O2. The van der Waals surface area contributed by atoms with Crippen LogP contribution in [0.3, 0.4) is 0 Å². The summed E-state index contributed by atoms with van der Waals surface area (Å²) in [6.45, 7) is 4.32. The molecule has 0 unspecified atom stereocenters. The van der Waals surface area contributed by atoms with E-state index in [1.807, 2.05) is 49.2 Å². The first-order chi connectivity index (χ1) is 10.7. The maximum absolute atomic E-state index is 12.6. The lowest BCUT2D eigenvalue weighted by Gasteiger charge is -2.15. The molecule has 1 saturated heterocycles. The van der Waals surface area contributed by atoms with E-state index < -0.39 is 0 Å². The van der Waals surface area contributed by atoms with Gasteiger partial charge in [0.2, 0.25) is 11.7 Å². The van der Waals surface area contributed by atoms with Crippen LogP contribution in [0.2, 0.25) is 0 Å². The van der Waals surface area contributed by atoms with Crippen molar-refractivity contribution in [2.75, 3.05) is 26.7 Å². The van der Waals surface area contributed by atoms with Crippen LogP contribution in [0.1, 0.15) is 22.7 Å². The van der Waals surface area contributed by atoms with Crippen LogP contribution >= 0.6 is 0 Å². The van der Waals surface area contributed by atoms with Crippen LogP contribution in [0.4, 0.5) is 0 Å². The molecule has 1 fully saturated rings. The first kappa shape index (κ1) is 14.8. The molecule has 116 valence electrons. The van der Waals surface area contributed by atoms with Crippen LogP contribution in [-0.2, 0) is 0 Å². The van der Waals surface area contributed by atoms with Crippen molar-refractivity contribution in [2.45, 2.75) is 13.3 Å². The molecule has 1 amide bonds. The Balaban J connectivity index is 1.78. The largest absolute Gasteiger partial charge is 0.431 e. The monoisotopic (exact) mass is 299 g/mol. The molecule has 2 heterocycles. The molecule has 1 N–H and O–H groups in total. The van der Waals surface area contributed by atoms with Crippen molar-refractivity contribution in [1.29, 1.82) is 0 Å². The van der Waals surface area contributed by atoms with Gasteiger partial charge in [0.1, 0.15) is 0 Å². The van der Waals surface area contributed by atoms with Gasteiger partial charge in [0.25, 0.3) is 5.91 Å². The summed E-state index contributed by atoms with van der Waals surface area (Å²) >= 11 is 0. The van der Waals surface area contributed by atoms with Gasteiger partial charge in [0.05, 0.1) is 5.69 Å². The van der Waals surface area contributed by atoms with E-state index in [0.717, 1.165) is 31.6 Å². The molecule has 22 heavy (non-hydrogen) atoms. The van der Waals surface area contributed by atoms with Gasteiger partial charge in [-0.3, -0.25) is 4.79 Å². The number of benzene rings is 1. The summed E-state index contributed by atoms with van der Waals surface area (Å²) in [4.78, 5) is 18.9. The number of oxazole rings is 1. The smallest absolute Gasteiger partial charge is 0.291 e. The van der Waals surface area contributed by atoms with Crippen LogP contribution < -0.4 is 5.32 Å². The van der Waals surface area contributed by atoms with Gasteiger partial charge in [-0.05, 0) is 45.0 Å². The van der Waals surface area contributed by atoms with Crippen molar-refractivity contribution in [1.82, 2.24) is 15.2 Å². The molecule has 1 atom stereocenters. The zero-order valence-corrected chi connectivity index (χ0v) is 13.0. The van der Waals surface area contributed by atoms with Crippen molar-refractivity contribution in [3.63, 3.8) is 0 Å². The molecule has 0 spiro atoms. The molecule has 2 aromatic rings. The molecule has 1 aliphatic rings. The highest BCUT2D eigenvalue weighted by Crippen LogP contribution is 2.24. The number of nitrogens with zero attached hydrogens (tertiary/aromatic N) is 2. The molecular weight excluding hydrogens is 278 g/mol. The Morgan fingerprint density at radius 1 is 1.41 bits per heavy atom. The number of amides is 1. The van der Waals surface area contributed by atoms with Crippen molar-refractivity contribution < 1.29 is 9.21 Å². The Bertz CT molecular complexity index is 651. The van der Waals surface area contributed by atoms with Gasteiger partial charge in [0, 0.05) is 18.7 Å². The fourth-order valence-corrected chi connectivity index (χ4v) is 2.92. The lowest BCUT2D eigenvalue weighted by Crippen LogP contribution is -2.30. The number of hydrogen-bond acceptors (Lipinski definition) is 4. The van der Waals surface area contributed by atoms with E-state index in [-0.39, 0.29) is 5.91 Å². The molecule has 1 aromatic carbocycles. The Hall–Kier alpha value is -2.14. The minimum atomic E-state index is -0.0502. The first-order valence-corrected chi connectivity index (χ1v) is 7.65. The van der Waals surface area contributed by atoms with Crippen molar-refractivity contribution in [3.8, 4) is 11.5 Å². The van der Waals surface area contributed by atoms with Crippen LogP contribution in [0.25, 0.3) is 11.5 Å². The maximum atomic E-state index is 12.6. The molecule has 0 radical (unpaired) electrons. The Morgan fingerprint density at radius 2 is 2.18 bits per heavy atom. The number of carbonyl (C=O) groups excluding carboxylic acids is 1. The van der Waals surface area contributed by atoms with Crippen LogP contribution in [0, 0.1) is 12.8 Å². The second kappa shape index (κ2) is 6.32. The molecule has 1 aliphatic heterocycles. The summed E-state index contributed by atoms with van der Waals surface area (Å²) in [6.07, 6.45) is 1.03. The molecule has 0 bridgehead atoms. The molecule has 3 rings (SSSR count). The van der Waals surface area contributed by atoms with Crippen molar-refractivity contribution >= 4 is 5.91 Å². The summed E-state index contributed by atoms with van der Waals surface area (Å²) in [6, 6.07) is 9.66. The van der Waals surface area contributed by atoms with Crippen molar-refractivity contribution in [2.24, 2.45) is 5.92 Å². The van der Waals surface area contributed by atoms with Gasteiger partial charge < -0.3 is 14.6 Å². The minimum Gasteiger partial charge on any atom is -0.431 e. The number of aromatic nitrogens is 1. The summed E-state index contributed by atoms with van der Waals surface area (Å²) in [5, 5.41) is 3.17. The number of hydrogen-bond donors (Lipinski definition) is 1. The molecule has 0 saturated carbocycles. The highest BCUT2D eigenvalue weighted by Gasteiger charge is 2.30. The fraction of sp³-hybridized carbons (Fsp3) is 0.412. The second-order valence-corrected chi connectivity index (χ2v) is 5.76. The van der Waals surface area contributed by atoms with Gasteiger partial charge in [-0.15, -0.1) is 0 Å². The zero-order chi connectivity index (χ0) is 15.5. The standard InChI is InChI=1S/C17H21N3O2/c1-12-15(17(21)20-9-8-13(11-20)10-18-2)22-16(19-12)14-6-4-3-5-7-14/h3-7,13,18H,8-11H2,1-2H3/t13-/m1/s1. The molecule has 5 heteroatoms. The Morgan fingerprint density at radius 3 is 2.91 bits per heavy atom. The van der Waals surface area contributed by atoms with Gasteiger partial charge in [0.15, 0.2) is 0 Å². The summed E-state index contributed by atoms with van der Waals surface area (Å²) in [5.74, 6) is 1.34. The third-order valence-electron chi connectivity index (χ3n) is 4.08. The number of rotatable bonds is 4. The highest BCUT2D eigenvalue weighted by molar-refractivity contribution is 5.93. The fourth-order valence-electron chi connectivity index (χ4n) is 2.92. The third kappa shape index (κ3) is 2.90. The number of aryl methyl sites for hydroxylation is 1. The minimum absolute atomic E-state index is 0.0502. The number of nitrogens with one attached hydrogen (secondary N) is 1. The van der Waals surface area contributed by atoms with Crippen molar-refractivity contribution in [3.05, 3.63) is 41.8 Å². The van der Waals surface area contributed by atoms with Crippen LogP contribution in [-0.4, -0.2) is 42.5 Å². The first-order valence-electron chi connectivity index (χ1n) is 7.65. The quantitative estimate of drug-likeness (QED) is 0.941.